The molecule has 0 atom stereocenters. The standard InChI is InChI=1S/C41H39N2/c1-40(2)35-27-26-32-20-11-12-21-33(32)39(35)43(4)37(40)24-15-25-38-41(28-30-16-7-5-8-17-30,29-31-18-9-6-10-19-31)34-22-13-14-23-36(34)42(38)3/h5-27H,28-29H2,1-4H3/q+1. The lowest BCUT2D eigenvalue weighted by molar-refractivity contribution is -0.399. The minimum Gasteiger partial charge on any atom is -0.347 e. The van der Waals surface area contributed by atoms with E-state index in [0.717, 1.165) is 12.8 Å². The molecule has 5 aromatic carbocycles. The number of hydrogen-bond donors (Lipinski definition) is 0. The van der Waals surface area contributed by atoms with Crippen molar-refractivity contribution in [2.75, 3.05) is 19.0 Å². The van der Waals surface area contributed by atoms with E-state index in [9.17, 15) is 0 Å². The normalized spacial score (nSPS) is 17.7. The van der Waals surface area contributed by atoms with Crippen LogP contribution in [0.3, 0.4) is 0 Å². The highest BCUT2D eigenvalue weighted by atomic mass is 15.2. The summed E-state index contributed by atoms with van der Waals surface area (Å²) >= 11 is 0. The van der Waals surface area contributed by atoms with Crippen LogP contribution >= 0.6 is 0 Å². The molecule has 43 heavy (non-hydrogen) atoms. The first-order valence-electron chi connectivity index (χ1n) is 15.3. The molecule has 0 radical (unpaired) electrons. The Morgan fingerprint density at radius 1 is 0.674 bits per heavy atom. The van der Waals surface area contributed by atoms with Crippen LogP contribution in [0.2, 0.25) is 0 Å². The molecule has 0 spiro atoms. The number of allylic oxidation sites excluding steroid dienone is 4. The minimum atomic E-state index is -0.195. The summed E-state index contributed by atoms with van der Waals surface area (Å²) in [6.07, 6.45) is 8.88. The molecular formula is C41H39N2+. The molecule has 0 bridgehead atoms. The second-order valence-corrected chi connectivity index (χ2v) is 12.6. The Balaban J connectivity index is 1.36. The van der Waals surface area contributed by atoms with Crippen molar-refractivity contribution in [3.05, 3.63) is 168 Å². The third kappa shape index (κ3) is 4.44. The molecule has 2 heterocycles. The highest BCUT2D eigenvalue weighted by Gasteiger charge is 2.46. The summed E-state index contributed by atoms with van der Waals surface area (Å²) in [4.78, 5) is 2.42. The lowest BCUT2D eigenvalue weighted by Crippen LogP contribution is -2.34. The van der Waals surface area contributed by atoms with Crippen LogP contribution in [0.5, 0.6) is 0 Å². The van der Waals surface area contributed by atoms with Crippen LogP contribution in [0.15, 0.2) is 145 Å². The molecule has 2 heteroatoms. The molecular weight excluding hydrogens is 520 g/mol. The van der Waals surface area contributed by atoms with Crippen LogP contribution in [-0.2, 0) is 23.7 Å². The lowest BCUT2D eigenvalue weighted by atomic mass is 9.70. The molecule has 0 N–H and O–H groups in total. The first-order chi connectivity index (χ1) is 20.9. The van der Waals surface area contributed by atoms with E-state index in [-0.39, 0.29) is 10.8 Å². The van der Waals surface area contributed by atoms with Gasteiger partial charge in [-0.2, -0.15) is 4.58 Å². The molecule has 0 amide bonds. The molecule has 0 aromatic heterocycles. The van der Waals surface area contributed by atoms with Crippen LogP contribution in [0.1, 0.15) is 36.1 Å². The topological polar surface area (TPSA) is 6.25 Å². The van der Waals surface area contributed by atoms with E-state index in [0.29, 0.717) is 0 Å². The van der Waals surface area contributed by atoms with Gasteiger partial charge >= 0.3 is 0 Å². The molecule has 0 saturated heterocycles. The van der Waals surface area contributed by atoms with Gasteiger partial charge in [0.25, 0.3) is 0 Å². The average Bonchev–Trinajstić information content (AvgIpc) is 3.37. The van der Waals surface area contributed by atoms with Crippen LogP contribution < -0.4 is 4.90 Å². The molecule has 212 valence electrons. The van der Waals surface area contributed by atoms with Crippen molar-refractivity contribution in [2.24, 2.45) is 0 Å². The molecule has 2 aliphatic heterocycles. The maximum Gasteiger partial charge on any atom is 0.217 e. The van der Waals surface area contributed by atoms with Crippen molar-refractivity contribution in [3.8, 4) is 0 Å². The van der Waals surface area contributed by atoms with E-state index in [1.165, 1.54) is 55.8 Å². The molecule has 2 nitrogen and oxygen atoms in total. The quantitative estimate of drug-likeness (QED) is 0.188. The van der Waals surface area contributed by atoms with Crippen LogP contribution in [0.4, 0.5) is 11.4 Å². The Bertz CT molecular complexity index is 1870. The third-order valence-electron chi connectivity index (χ3n) is 9.75. The number of likely N-dealkylation sites (N-methyl/N-ethyl adjacent to an activating group) is 1. The molecule has 0 unspecified atom stereocenters. The summed E-state index contributed by atoms with van der Waals surface area (Å²) in [5.41, 5.74) is 10.5. The summed E-state index contributed by atoms with van der Waals surface area (Å²) in [6, 6.07) is 44.3. The van der Waals surface area contributed by atoms with E-state index >= 15 is 0 Å². The van der Waals surface area contributed by atoms with Gasteiger partial charge in [0, 0.05) is 35.5 Å². The average molecular weight is 560 g/mol. The number of rotatable bonds is 6. The smallest absolute Gasteiger partial charge is 0.217 e. The van der Waals surface area contributed by atoms with E-state index in [4.69, 9.17) is 0 Å². The van der Waals surface area contributed by atoms with Gasteiger partial charge in [-0.15, -0.1) is 0 Å². The van der Waals surface area contributed by atoms with Gasteiger partial charge in [-0.05, 0) is 67.0 Å². The predicted octanol–water partition coefficient (Wildman–Crippen LogP) is 9.16. The molecule has 5 aromatic rings. The Morgan fingerprint density at radius 3 is 1.98 bits per heavy atom. The second-order valence-electron chi connectivity index (χ2n) is 12.6. The number of hydrogen-bond acceptors (Lipinski definition) is 1. The number of anilines is 1. The Kier molecular flexibility index (Phi) is 6.66. The van der Waals surface area contributed by atoms with Gasteiger partial charge in [-0.3, -0.25) is 0 Å². The van der Waals surface area contributed by atoms with Gasteiger partial charge in [0.05, 0.1) is 10.8 Å². The minimum absolute atomic E-state index is 0.0984. The third-order valence-corrected chi connectivity index (χ3v) is 9.75. The summed E-state index contributed by atoms with van der Waals surface area (Å²) in [7, 11) is 4.45. The van der Waals surface area contributed by atoms with Crippen LogP contribution in [0.25, 0.3) is 10.8 Å². The molecule has 2 aliphatic rings. The zero-order chi connectivity index (χ0) is 29.6. The first kappa shape index (κ1) is 27.2. The van der Waals surface area contributed by atoms with Crippen molar-refractivity contribution >= 4 is 27.9 Å². The van der Waals surface area contributed by atoms with Gasteiger partial charge in [-0.25, -0.2) is 0 Å². The van der Waals surface area contributed by atoms with Crippen LogP contribution in [-0.4, -0.2) is 24.4 Å². The van der Waals surface area contributed by atoms with Gasteiger partial charge in [-0.1, -0.05) is 115 Å². The summed E-state index contributed by atoms with van der Waals surface area (Å²) in [5, 5.41) is 2.60. The van der Waals surface area contributed by atoms with Gasteiger partial charge in [0.2, 0.25) is 5.69 Å². The van der Waals surface area contributed by atoms with Crippen molar-refractivity contribution in [1.29, 1.82) is 0 Å². The largest absolute Gasteiger partial charge is 0.347 e. The summed E-state index contributed by atoms with van der Waals surface area (Å²) < 4.78 is 2.40. The number of para-hydroxylation sites is 1. The molecule has 0 aliphatic carbocycles. The number of fused-ring (bicyclic) bond motifs is 4. The predicted molar refractivity (Wildman–Crippen MR) is 182 cm³/mol. The maximum atomic E-state index is 2.42. The fourth-order valence-electron chi connectivity index (χ4n) is 7.70. The van der Waals surface area contributed by atoms with Crippen molar-refractivity contribution in [3.63, 3.8) is 0 Å². The van der Waals surface area contributed by atoms with Gasteiger partial charge in [0.15, 0.2) is 5.71 Å². The van der Waals surface area contributed by atoms with E-state index in [1.54, 1.807) is 0 Å². The Morgan fingerprint density at radius 2 is 1.28 bits per heavy atom. The van der Waals surface area contributed by atoms with Crippen molar-refractivity contribution < 1.29 is 4.58 Å². The van der Waals surface area contributed by atoms with E-state index in [2.05, 4.69) is 177 Å². The highest BCUT2D eigenvalue weighted by molar-refractivity contribution is 6.07. The van der Waals surface area contributed by atoms with Crippen molar-refractivity contribution in [2.45, 2.75) is 37.5 Å². The highest BCUT2D eigenvalue weighted by Crippen LogP contribution is 2.51. The van der Waals surface area contributed by atoms with E-state index < -0.39 is 0 Å². The molecule has 0 fully saturated rings. The lowest BCUT2D eigenvalue weighted by Gasteiger charge is -2.33. The van der Waals surface area contributed by atoms with Gasteiger partial charge in [0.1, 0.15) is 7.05 Å². The van der Waals surface area contributed by atoms with Crippen molar-refractivity contribution in [1.82, 2.24) is 0 Å². The first-order valence-corrected chi connectivity index (χ1v) is 15.3. The molecule has 7 rings (SSSR count). The monoisotopic (exact) mass is 559 g/mol. The summed E-state index contributed by atoms with van der Waals surface area (Å²) in [6.45, 7) is 4.70. The number of benzene rings is 5. The zero-order valence-corrected chi connectivity index (χ0v) is 25.6. The maximum absolute atomic E-state index is 2.42. The SMILES string of the molecule is CN1C(=CC=CC2=[N+](C)c3c(ccc4ccccc34)C2(C)C)C(Cc2ccccc2)(Cc2ccccc2)c2ccccc21. The zero-order valence-electron chi connectivity index (χ0n) is 25.6. The van der Waals surface area contributed by atoms with Crippen LogP contribution in [0, 0.1) is 0 Å². The Hall–Kier alpha value is -4.69. The molecule has 0 saturated carbocycles. The summed E-state index contributed by atoms with van der Waals surface area (Å²) in [5.74, 6) is 0. The number of nitrogens with zero attached hydrogens (tertiary/aromatic N) is 2. The fraction of sp³-hybridized carbons (Fsp3) is 0.195. The van der Waals surface area contributed by atoms with E-state index in [1.807, 2.05) is 0 Å². The van der Waals surface area contributed by atoms with Gasteiger partial charge < -0.3 is 4.90 Å². The fourth-order valence-corrected chi connectivity index (χ4v) is 7.70. The second kappa shape index (κ2) is 10.5. The Labute approximate surface area is 256 Å².